The number of carboxylic acid groups (broad SMARTS) is 1. The van der Waals surface area contributed by atoms with E-state index in [2.05, 4.69) is 14.3 Å². The van der Waals surface area contributed by atoms with E-state index < -0.39 is 12.0 Å². The fourth-order valence-electron chi connectivity index (χ4n) is 1.87. The topological polar surface area (TPSA) is 69.6 Å². The first-order chi connectivity index (χ1) is 8.08. The van der Waals surface area contributed by atoms with Crippen LogP contribution < -0.4 is 4.90 Å². The molecule has 1 fully saturated rings. The van der Waals surface area contributed by atoms with E-state index >= 15 is 0 Å². The monoisotopic (exact) mass is 256 g/mol. The Labute approximate surface area is 104 Å². The number of hydrogen-bond donors (Lipinski definition) is 1. The molecule has 1 aromatic heterocycles. The minimum Gasteiger partial charge on any atom is -0.480 e. The lowest BCUT2D eigenvalue weighted by atomic mass is 10.2. The zero-order valence-corrected chi connectivity index (χ0v) is 10.8. The van der Waals surface area contributed by atoms with Gasteiger partial charge < -0.3 is 10.0 Å². The standard InChI is InChI=1S/C10H16N4O2S/c1-7(9(15)16)13-3-5-14(6-4-13)10-11-8(2)12-17-10/h7H,3-6H2,1-2H3,(H,15,16). The molecular formula is C10H16N4O2S. The van der Waals surface area contributed by atoms with Crippen LogP contribution >= 0.6 is 11.5 Å². The number of nitrogens with zero attached hydrogens (tertiary/aromatic N) is 4. The van der Waals surface area contributed by atoms with Gasteiger partial charge in [-0.2, -0.15) is 4.37 Å². The van der Waals surface area contributed by atoms with Crippen molar-refractivity contribution in [2.75, 3.05) is 31.1 Å². The first-order valence-electron chi connectivity index (χ1n) is 5.60. The van der Waals surface area contributed by atoms with Crippen LogP contribution in [0.3, 0.4) is 0 Å². The van der Waals surface area contributed by atoms with Crippen LogP contribution in [0.5, 0.6) is 0 Å². The molecule has 0 spiro atoms. The number of aromatic nitrogens is 2. The van der Waals surface area contributed by atoms with Crippen molar-refractivity contribution in [2.45, 2.75) is 19.9 Å². The first kappa shape index (κ1) is 12.3. The summed E-state index contributed by atoms with van der Waals surface area (Å²) in [5.74, 6) is 0.0385. The third-order valence-corrected chi connectivity index (χ3v) is 3.88. The van der Waals surface area contributed by atoms with E-state index in [1.54, 1.807) is 6.92 Å². The summed E-state index contributed by atoms with van der Waals surface area (Å²) in [5.41, 5.74) is 0. The summed E-state index contributed by atoms with van der Waals surface area (Å²) in [5, 5.41) is 9.88. The van der Waals surface area contributed by atoms with Crippen LogP contribution in [-0.2, 0) is 4.79 Å². The van der Waals surface area contributed by atoms with E-state index in [0.29, 0.717) is 0 Å². The van der Waals surface area contributed by atoms with Gasteiger partial charge in [0.2, 0.25) is 5.13 Å². The van der Waals surface area contributed by atoms with Crippen LogP contribution in [-0.4, -0.2) is 57.6 Å². The lowest BCUT2D eigenvalue weighted by molar-refractivity contribution is -0.142. The Kier molecular flexibility index (Phi) is 3.58. The largest absolute Gasteiger partial charge is 0.480 e. The molecule has 1 saturated heterocycles. The van der Waals surface area contributed by atoms with Crippen molar-refractivity contribution in [2.24, 2.45) is 0 Å². The summed E-state index contributed by atoms with van der Waals surface area (Å²) >= 11 is 1.40. The van der Waals surface area contributed by atoms with E-state index in [-0.39, 0.29) is 0 Å². The average Bonchev–Trinajstić information content (AvgIpc) is 2.75. The van der Waals surface area contributed by atoms with E-state index in [1.165, 1.54) is 11.5 Å². The lowest BCUT2D eigenvalue weighted by Crippen LogP contribution is -2.51. The molecule has 0 aliphatic carbocycles. The Hall–Kier alpha value is -1.21. The summed E-state index contributed by atoms with van der Waals surface area (Å²) in [6.07, 6.45) is 0. The van der Waals surface area contributed by atoms with Gasteiger partial charge in [-0.3, -0.25) is 9.69 Å². The number of aliphatic carboxylic acids is 1. The number of hydrogen-bond acceptors (Lipinski definition) is 6. The van der Waals surface area contributed by atoms with Crippen molar-refractivity contribution >= 4 is 22.6 Å². The fourth-order valence-corrected chi connectivity index (χ4v) is 2.60. The number of carboxylic acids is 1. The van der Waals surface area contributed by atoms with Crippen molar-refractivity contribution in [3.8, 4) is 0 Å². The van der Waals surface area contributed by atoms with Crippen LogP contribution in [0.15, 0.2) is 0 Å². The molecule has 0 amide bonds. The zero-order valence-electron chi connectivity index (χ0n) is 9.96. The zero-order chi connectivity index (χ0) is 12.4. The maximum atomic E-state index is 10.9. The molecule has 0 bridgehead atoms. The van der Waals surface area contributed by atoms with Gasteiger partial charge in [-0.15, -0.1) is 0 Å². The highest BCUT2D eigenvalue weighted by molar-refractivity contribution is 7.09. The van der Waals surface area contributed by atoms with Gasteiger partial charge in [0.1, 0.15) is 11.9 Å². The Balaban J connectivity index is 1.92. The highest BCUT2D eigenvalue weighted by Gasteiger charge is 2.26. The van der Waals surface area contributed by atoms with Crippen molar-refractivity contribution in [3.63, 3.8) is 0 Å². The van der Waals surface area contributed by atoms with Gasteiger partial charge in [-0.05, 0) is 13.8 Å². The molecule has 1 aromatic rings. The minimum absolute atomic E-state index is 0.409. The van der Waals surface area contributed by atoms with Gasteiger partial charge in [0.25, 0.3) is 0 Å². The molecular weight excluding hydrogens is 240 g/mol. The van der Waals surface area contributed by atoms with E-state index in [1.807, 2.05) is 11.8 Å². The van der Waals surface area contributed by atoms with E-state index in [4.69, 9.17) is 5.11 Å². The Bertz CT molecular complexity index is 401. The molecule has 1 N–H and O–H groups in total. The molecule has 17 heavy (non-hydrogen) atoms. The molecule has 0 aromatic carbocycles. The van der Waals surface area contributed by atoms with Crippen molar-refractivity contribution in [1.29, 1.82) is 0 Å². The normalized spacial score (nSPS) is 19.3. The molecule has 0 saturated carbocycles. The molecule has 0 radical (unpaired) electrons. The summed E-state index contributed by atoms with van der Waals surface area (Å²) < 4.78 is 4.16. The molecule has 94 valence electrons. The number of piperazine rings is 1. The smallest absolute Gasteiger partial charge is 0.320 e. The predicted molar refractivity (Wildman–Crippen MR) is 65.5 cm³/mol. The van der Waals surface area contributed by atoms with Gasteiger partial charge in [0, 0.05) is 37.7 Å². The Morgan fingerprint density at radius 3 is 2.53 bits per heavy atom. The van der Waals surface area contributed by atoms with E-state index in [0.717, 1.165) is 37.1 Å². The quantitative estimate of drug-likeness (QED) is 0.846. The van der Waals surface area contributed by atoms with Crippen LogP contribution in [0.2, 0.25) is 0 Å². The van der Waals surface area contributed by atoms with Crippen LogP contribution in [0.1, 0.15) is 12.7 Å². The third kappa shape index (κ3) is 2.73. The Morgan fingerprint density at radius 1 is 1.41 bits per heavy atom. The van der Waals surface area contributed by atoms with Gasteiger partial charge in [-0.1, -0.05) is 0 Å². The molecule has 1 aliphatic heterocycles. The fraction of sp³-hybridized carbons (Fsp3) is 0.700. The van der Waals surface area contributed by atoms with Crippen LogP contribution in [0.25, 0.3) is 0 Å². The second kappa shape index (κ2) is 4.97. The van der Waals surface area contributed by atoms with Gasteiger partial charge >= 0.3 is 5.97 Å². The van der Waals surface area contributed by atoms with Crippen molar-refractivity contribution in [1.82, 2.24) is 14.3 Å². The SMILES string of the molecule is Cc1nsc(N2CCN(C(C)C(=O)O)CC2)n1. The number of rotatable bonds is 3. The average molecular weight is 256 g/mol. The summed E-state index contributed by atoms with van der Waals surface area (Å²) in [6.45, 7) is 6.74. The Morgan fingerprint density at radius 2 is 2.06 bits per heavy atom. The molecule has 2 rings (SSSR count). The van der Waals surface area contributed by atoms with E-state index in [9.17, 15) is 4.79 Å². The third-order valence-electron chi connectivity index (χ3n) is 3.01. The van der Waals surface area contributed by atoms with Gasteiger partial charge in [0.15, 0.2) is 0 Å². The highest BCUT2D eigenvalue weighted by atomic mass is 32.1. The first-order valence-corrected chi connectivity index (χ1v) is 6.37. The number of aryl methyl sites for hydroxylation is 1. The van der Waals surface area contributed by atoms with Gasteiger partial charge in [-0.25, -0.2) is 4.98 Å². The van der Waals surface area contributed by atoms with Gasteiger partial charge in [0.05, 0.1) is 0 Å². The lowest BCUT2D eigenvalue weighted by Gasteiger charge is -2.36. The molecule has 2 heterocycles. The molecule has 1 unspecified atom stereocenters. The number of anilines is 1. The summed E-state index contributed by atoms with van der Waals surface area (Å²) in [7, 11) is 0. The maximum Gasteiger partial charge on any atom is 0.320 e. The minimum atomic E-state index is -0.759. The summed E-state index contributed by atoms with van der Waals surface area (Å²) in [4.78, 5) is 19.4. The van der Waals surface area contributed by atoms with Crippen molar-refractivity contribution in [3.05, 3.63) is 5.82 Å². The second-order valence-electron chi connectivity index (χ2n) is 4.16. The number of carbonyl (C=O) groups is 1. The summed E-state index contributed by atoms with van der Waals surface area (Å²) in [6, 6.07) is -0.409. The predicted octanol–water partition coefficient (Wildman–Crippen LogP) is 0.442. The molecule has 1 atom stereocenters. The molecule has 1 aliphatic rings. The van der Waals surface area contributed by atoms with Crippen LogP contribution in [0.4, 0.5) is 5.13 Å². The van der Waals surface area contributed by atoms with Crippen LogP contribution in [0, 0.1) is 6.92 Å². The molecule has 6 nitrogen and oxygen atoms in total. The molecule has 7 heteroatoms. The second-order valence-corrected chi connectivity index (χ2v) is 4.89. The highest BCUT2D eigenvalue weighted by Crippen LogP contribution is 2.19. The maximum absolute atomic E-state index is 10.9. The van der Waals surface area contributed by atoms with Crippen molar-refractivity contribution < 1.29 is 9.90 Å².